The minimum Gasteiger partial charge on any atom is -0.496 e. The largest absolute Gasteiger partial charge is 0.496 e. The zero-order chi connectivity index (χ0) is 15.5. The van der Waals surface area contributed by atoms with Crippen molar-refractivity contribution in [1.29, 1.82) is 0 Å². The maximum absolute atomic E-state index is 12.9. The Morgan fingerprint density at radius 3 is 2.64 bits per heavy atom. The van der Waals surface area contributed by atoms with E-state index >= 15 is 0 Å². The minimum absolute atomic E-state index is 0. The molecule has 2 rings (SSSR count). The molecule has 1 unspecified atom stereocenters. The van der Waals surface area contributed by atoms with Crippen LogP contribution in [-0.4, -0.2) is 45.5 Å². The maximum atomic E-state index is 12.9. The number of hydrogen-bond donors (Lipinski definition) is 1. The molecule has 1 N–H and O–H groups in total. The van der Waals surface area contributed by atoms with E-state index in [0.717, 1.165) is 31.5 Å². The number of rotatable bonds is 6. The van der Waals surface area contributed by atoms with Gasteiger partial charge in [-0.05, 0) is 50.1 Å². The molecule has 1 aromatic carbocycles. The molecule has 1 aliphatic rings. The van der Waals surface area contributed by atoms with E-state index in [4.69, 9.17) is 4.74 Å². The molecule has 0 saturated carbocycles. The Morgan fingerprint density at radius 2 is 2.14 bits per heavy atom. The van der Waals surface area contributed by atoms with Crippen LogP contribution < -0.4 is 10.1 Å². The molecule has 0 spiro atoms. The normalized spacial score (nSPS) is 18.3. The average Bonchev–Trinajstić information content (AvgIpc) is 2.98. The Hall–Kier alpha value is -0.820. The molecule has 1 saturated heterocycles. The van der Waals surface area contributed by atoms with Crippen LogP contribution in [0.25, 0.3) is 0 Å². The lowest BCUT2D eigenvalue weighted by Crippen LogP contribution is -2.42. The predicted molar refractivity (Wildman–Crippen MR) is 90.4 cm³/mol. The molecule has 1 aliphatic heterocycles. The smallest absolute Gasteiger partial charge is 0.243 e. The first kappa shape index (κ1) is 19.2. The van der Waals surface area contributed by atoms with Crippen LogP contribution in [0.2, 0.25) is 0 Å². The summed E-state index contributed by atoms with van der Waals surface area (Å²) >= 11 is 0. The highest BCUT2D eigenvalue weighted by atomic mass is 35.5. The van der Waals surface area contributed by atoms with E-state index in [1.54, 1.807) is 29.6 Å². The molecule has 0 amide bonds. The van der Waals surface area contributed by atoms with E-state index in [1.807, 2.05) is 13.8 Å². The average molecular weight is 349 g/mol. The number of ether oxygens (including phenoxy) is 1. The molecule has 7 heteroatoms. The van der Waals surface area contributed by atoms with Gasteiger partial charge in [-0.15, -0.1) is 12.4 Å². The standard InChI is InChI=1S/C15H24N2O3S.ClH/c1-4-9-17(13-7-8-16-11-13)21(18,19)14-5-6-15(20-3)12(2)10-14;/h5-6,10,13,16H,4,7-9,11H2,1-3H3;1H. The number of methoxy groups -OCH3 is 1. The predicted octanol–water partition coefficient (Wildman–Crippen LogP) is 2.19. The first-order valence-electron chi connectivity index (χ1n) is 7.38. The number of halogens is 1. The van der Waals surface area contributed by atoms with Gasteiger partial charge in [-0.25, -0.2) is 8.42 Å². The summed E-state index contributed by atoms with van der Waals surface area (Å²) in [5, 5.41) is 3.24. The van der Waals surface area contributed by atoms with Crippen LogP contribution in [0.4, 0.5) is 0 Å². The molecule has 22 heavy (non-hydrogen) atoms. The lowest BCUT2D eigenvalue weighted by Gasteiger charge is -2.27. The van der Waals surface area contributed by atoms with Crippen LogP contribution in [0, 0.1) is 6.92 Å². The van der Waals surface area contributed by atoms with Crippen LogP contribution >= 0.6 is 12.4 Å². The van der Waals surface area contributed by atoms with Crippen molar-refractivity contribution in [2.24, 2.45) is 0 Å². The maximum Gasteiger partial charge on any atom is 0.243 e. The van der Waals surface area contributed by atoms with E-state index in [9.17, 15) is 8.42 Å². The lowest BCUT2D eigenvalue weighted by atomic mass is 10.2. The van der Waals surface area contributed by atoms with Crippen molar-refractivity contribution in [1.82, 2.24) is 9.62 Å². The molecule has 0 radical (unpaired) electrons. The van der Waals surface area contributed by atoms with Gasteiger partial charge in [0.05, 0.1) is 12.0 Å². The van der Waals surface area contributed by atoms with E-state index < -0.39 is 10.0 Å². The topological polar surface area (TPSA) is 58.6 Å². The zero-order valence-electron chi connectivity index (χ0n) is 13.3. The Morgan fingerprint density at radius 1 is 1.41 bits per heavy atom. The summed E-state index contributed by atoms with van der Waals surface area (Å²) in [6.07, 6.45) is 1.68. The van der Waals surface area contributed by atoms with Crippen molar-refractivity contribution in [3.63, 3.8) is 0 Å². The summed E-state index contributed by atoms with van der Waals surface area (Å²) in [6.45, 7) is 6.03. The van der Waals surface area contributed by atoms with Crippen molar-refractivity contribution < 1.29 is 13.2 Å². The van der Waals surface area contributed by atoms with E-state index in [0.29, 0.717) is 17.2 Å². The van der Waals surface area contributed by atoms with Gasteiger partial charge in [-0.1, -0.05) is 6.92 Å². The first-order chi connectivity index (χ1) is 10.0. The molecule has 1 atom stereocenters. The Labute approximate surface area is 139 Å². The molecule has 5 nitrogen and oxygen atoms in total. The van der Waals surface area contributed by atoms with Gasteiger partial charge in [0.25, 0.3) is 0 Å². The number of nitrogens with zero attached hydrogens (tertiary/aromatic N) is 1. The molecule has 0 aromatic heterocycles. The highest BCUT2D eigenvalue weighted by Gasteiger charge is 2.32. The Balaban J connectivity index is 0.00000242. The molecule has 0 bridgehead atoms. The molecular weight excluding hydrogens is 324 g/mol. The quantitative estimate of drug-likeness (QED) is 0.856. The minimum atomic E-state index is -3.46. The second kappa shape index (κ2) is 8.15. The van der Waals surface area contributed by atoms with Crippen LogP contribution in [0.15, 0.2) is 23.1 Å². The molecular formula is C15H25ClN2O3S. The molecule has 0 aliphatic carbocycles. The number of benzene rings is 1. The van der Waals surface area contributed by atoms with E-state index in [-0.39, 0.29) is 18.4 Å². The van der Waals surface area contributed by atoms with Crippen molar-refractivity contribution in [3.8, 4) is 5.75 Å². The molecule has 1 heterocycles. The molecule has 126 valence electrons. The second-order valence-corrected chi connectivity index (χ2v) is 7.28. The van der Waals surface area contributed by atoms with Crippen LogP contribution in [0.3, 0.4) is 0 Å². The summed E-state index contributed by atoms with van der Waals surface area (Å²) in [7, 11) is -1.87. The SMILES string of the molecule is CCCN(C1CCNC1)S(=O)(=O)c1ccc(OC)c(C)c1.Cl. The van der Waals surface area contributed by atoms with Crippen molar-refractivity contribution in [3.05, 3.63) is 23.8 Å². The highest BCUT2D eigenvalue weighted by molar-refractivity contribution is 7.89. The third-order valence-electron chi connectivity index (χ3n) is 3.86. The number of sulfonamides is 1. The number of aryl methyl sites for hydroxylation is 1. The van der Waals surface area contributed by atoms with Crippen molar-refractivity contribution >= 4 is 22.4 Å². The third kappa shape index (κ3) is 3.93. The first-order valence-corrected chi connectivity index (χ1v) is 8.82. The summed E-state index contributed by atoms with van der Waals surface area (Å²) in [5.74, 6) is 0.707. The Bertz CT molecular complexity index is 586. The highest BCUT2D eigenvalue weighted by Crippen LogP contribution is 2.26. The Kier molecular flexibility index (Phi) is 7.12. The second-order valence-electron chi connectivity index (χ2n) is 5.39. The molecule has 1 aromatic rings. The summed E-state index contributed by atoms with van der Waals surface area (Å²) < 4.78 is 32.7. The van der Waals surface area contributed by atoms with Gasteiger partial charge in [-0.2, -0.15) is 4.31 Å². The fourth-order valence-corrected chi connectivity index (χ4v) is 4.58. The lowest BCUT2D eigenvalue weighted by molar-refractivity contribution is 0.335. The van der Waals surface area contributed by atoms with Gasteiger partial charge in [0.2, 0.25) is 10.0 Å². The van der Waals surface area contributed by atoms with E-state index in [2.05, 4.69) is 5.32 Å². The summed E-state index contributed by atoms with van der Waals surface area (Å²) in [4.78, 5) is 0.348. The van der Waals surface area contributed by atoms with Gasteiger partial charge < -0.3 is 10.1 Å². The number of hydrogen-bond acceptors (Lipinski definition) is 4. The van der Waals surface area contributed by atoms with Gasteiger partial charge in [0.1, 0.15) is 5.75 Å². The zero-order valence-corrected chi connectivity index (χ0v) is 15.0. The number of nitrogens with one attached hydrogen (secondary N) is 1. The van der Waals surface area contributed by atoms with Crippen molar-refractivity contribution in [2.45, 2.75) is 37.6 Å². The van der Waals surface area contributed by atoms with Gasteiger partial charge >= 0.3 is 0 Å². The van der Waals surface area contributed by atoms with Crippen LogP contribution in [0.1, 0.15) is 25.3 Å². The summed E-state index contributed by atoms with van der Waals surface area (Å²) in [5.41, 5.74) is 0.833. The van der Waals surface area contributed by atoms with Crippen LogP contribution in [-0.2, 0) is 10.0 Å². The fraction of sp³-hybridized carbons (Fsp3) is 0.600. The van der Waals surface area contributed by atoms with Gasteiger partial charge in [0.15, 0.2) is 0 Å². The van der Waals surface area contributed by atoms with E-state index in [1.165, 1.54) is 0 Å². The third-order valence-corrected chi connectivity index (χ3v) is 5.81. The summed E-state index contributed by atoms with van der Waals surface area (Å²) in [6, 6.07) is 5.10. The van der Waals surface area contributed by atoms with Crippen molar-refractivity contribution in [2.75, 3.05) is 26.7 Å². The fourth-order valence-electron chi connectivity index (χ4n) is 2.75. The monoisotopic (exact) mass is 348 g/mol. The molecule has 1 fully saturated rings. The van der Waals surface area contributed by atoms with Crippen LogP contribution in [0.5, 0.6) is 5.75 Å². The van der Waals surface area contributed by atoms with Gasteiger partial charge in [0, 0.05) is 19.1 Å². The van der Waals surface area contributed by atoms with Gasteiger partial charge in [-0.3, -0.25) is 0 Å².